The van der Waals surface area contributed by atoms with Crippen molar-refractivity contribution in [1.82, 2.24) is 10.6 Å². The maximum Gasteiger partial charge on any atom is 0.251 e. The Hall–Kier alpha value is -1.66. The average molecular weight is 331 g/mol. The number of halogens is 1. The van der Waals surface area contributed by atoms with Gasteiger partial charge in [0.15, 0.2) is 11.5 Å². The summed E-state index contributed by atoms with van der Waals surface area (Å²) in [5.41, 5.74) is 0.503. The highest BCUT2D eigenvalue weighted by atomic mass is 35.5. The zero-order valence-corrected chi connectivity index (χ0v) is 13.9. The van der Waals surface area contributed by atoms with Crippen LogP contribution in [0.3, 0.4) is 0 Å². The molecule has 1 aliphatic heterocycles. The number of carbonyl (C=O) groups excluding carboxylic acids is 1. The summed E-state index contributed by atoms with van der Waals surface area (Å²) in [6, 6.07) is 3.54. The molecule has 0 saturated carbocycles. The summed E-state index contributed by atoms with van der Waals surface area (Å²) in [5, 5.41) is 6.32. The predicted molar refractivity (Wildman–Crippen MR) is 86.7 cm³/mol. The first-order valence-electron chi connectivity index (χ1n) is 7.01. The summed E-state index contributed by atoms with van der Waals surface area (Å²) in [5.74, 6) is 1.32. The van der Waals surface area contributed by atoms with Crippen molar-refractivity contribution in [2.45, 2.75) is 18.9 Å². The molecule has 22 heavy (non-hydrogen) atoms. The molecule has 1 amide bonds. The van der Waals surface area contributed by atoms with Crippen LogP contribution in [0, 0.1) is 0 Å². The highest BCUT2D eigenvalue weighted by Crippen LogP contribution is 2.38. The van der Waals surface area contributed by atoms with Gasteiger partial charge < -0.3 is 24.8 Å². The highest BCUT2D eigenvalue weighted by Gasteiger charge is 2.20. The molecule has 2 N–H and O–H groups in total. The molecule has 0 bridgehead atoms. The van der Waals surface area contributed by atoms with E-state index in [0.29, 0.717) is 22.8 Å². The summed E-state index contributed by atoms with van der Waals surface area (Å²) in [4.78, 5) is 12.4. The Morgan fingerprint density at radius 3 is 2.09 bits per heavy atom. The van der Waals surface area contributed by atoms with Crippen LogP contribution in [-0.2, 0) is 0 Å². The number of piperidine rings is 1. The number of carbonyl (C=O) groups is 1. The fourth-order valence-electron chi connectivity index (χ4n) is 2.45. The minimum absolute atomic E-state index is 0. The number of ether oxygens (including phenoxy) is 3. The summed E-state index contributed by atoms with van der Waals surface area (Å²) in [6.45, 7) is 1.86. The van der Waals surface area contributed by atoms with E-state index in [9.17, 15) is 4.79 Å². The average Bonchev–Trinajstić information content (AvgIpc) is 2.54. The van der Waals surface area contributed by atoms with E-state index in [4.69, 9.17) is 14.2 Å². The Balaban J connectivity index is 0.00000242. The fraction of sp³-hybridized carbons (Fsp3) is 0.533. The summed E-state index contributed by atoms with van der Waals surface area (Å²) < 4.78 is 15.8. The number of benzene rings is 1. The lowest BCUT2D eigenvalue weighted by atomic mass is 10.1. The second-order valence-electron chi connectivity index (χ2n) is 4.91. The van der Waals surface area contributed by atoms with Crippen LogP contribution >= 0.6 is 12.4 Å². The first-order valence-corrected chi connectivity index (χ1v) is 7.01. The summed E-state index contributed by atoms with van der Waals surface area (Å²) >= 11 is 0. The predicted octanol–water partition coefficient (Wildman–Crippen LogP) is 1.62. The van der Waals surface area contributed by atoms with E-state index in [0.717, 1.165) is 25.9 Å². The number of amides is 1. The minimum atomic E-state index is -0.124. The quantitative estimate of drug-likeness (QED) is 0.858. The Morgan fingerprint density at radius 2 is 1.64 bits per heavy atom. The monoisotopic (exact) mass is 330 g/mol. The van der Waals surface area contributed by atoms with Gasteiger partial charge in [-0.05, 0) is 38.1 Å². The molecule has 1 saturated heterocycles. The number of hydrogen-bond donors (Lipinski definition) is 2. The maximum absolute atomic E-state index is 12.4. The second kappa shape index (κ2) is 8.70. The van der Waals surface area contributed by atoms with Gasteiger partial charge in [-0.3, -0.25) is 4.79 Å². The van der Waals surface area contributed by atoms with E-state index in [-0.39, 0.29) is 24.4 Å². The van der Waals surface area contributed by atoms with Crippen molar-refractivity contribution >= 4 is 18.3 Å². The van der Waals surface area contributed by atoms with E-state index in [1.54, 1.807) is 12.1 Å². The van der Waals surface area contributed by atoms with Gasteiger partial charge in [-0.15, -0.1) is 12.4 Å². The molecule has 0 atom stereocenters. The van der Waals surface area contributed by atoms with Gasteiger partial charge in [0.05, 0.1) is 21.3 Å². The molecule has 1 aliphatic rings. The van der Waals surface area contributed by atoms with Gasteiger partial charge in [-0.25, -0.2) is 0 Å². The Morgan fingerprint density at radius 1 is 1.09 bits per heavy atom. The third-order valence-corrected chi connectivity index (χ3v) is 3.60. The molecule has 0 unspecified atom stereocenters. The third-order valence-electron chi connectivity index (χ3n) is 3.60. The topological polar surface area (TPSA) is 68.8 Å². The Kier molecular flexibility index (Phi) is 7.27. The number of nitrogens with one attached hydrogen (secondary N) is 2. The lowest BCUT2D eigenvalue weighted by molar-refractivity contribution is 0.0928. The molecule has 6 nitrogen and oxygen atoms in total. The van der Waals surface area contributed by atoms with Gasteiger partial charge in [-0.2, -0.15) is 0 Å². The molecular weight excluding hydrogens is 308 g/mol. The molecular formula is C15H23ClN2O4. The standard InChI is InChI=1S/C15H22N2O4.ClH/c1-19-12-8-10(9-13(20-2)14(12)21-3)15(18)17-11-4-6-16-7-5-11;/h8-9,11,16H,4-7H2,1-3H3,(H,17,18);1H. The van der Waals surface area contributed by atoms with E-state index in [2.05, 4.69) is 10.6 Å². The van der Waals surface area contributed by atoms with Gasteiger partial charge in [0, 0.05) is 11.6 Å². The van der Waals surface area contributed by atoms with Crippen molar-refractivity contribution in [1.29, 1.82) is 0 Å². The molecule has 124 valence electrons. The molecule has 0 aromatic heterocycles. The molecule has 1 heterocycles. The van der Waals surface area contributed by atoms with Crippen LogP contribution in [0.15, 0.2) is 12.1 Å². The van der Waals surface area contributed by atoms with Crippen LogP contribution < -0.4 is 24.8 Å². The molecule has 7 heteroatoms. The van der Waals surface area contributed by atoms with Crippen LogP contribution in [-0.4, -0.2) is 46.4 Å². The molecule has 2 rings (SSSR count). The number of methoxy groups -OCH3 is 3. The van der Waals surface area contributed by atoms with E-state index in [1.807, 2.05) is 0 Å². The van der Waals surface area contributed by atoms with Crippen molar-refractivity contribution in [2.24, 2.45) is 0 Å². The van der Waals surface area contributed by atoms with Crippen LogP contribution in [0.5, 0.6) is 17.2 Å². The van der Waals surface area contributed by atoms with Crippen molar-refractivity contribution in [2.75, 3.05) is 34.4 Å². The minimum Gasteiger partial charge on any atom is -0.493 e. The largest absolute Gasteiger partial charge is 0.493 e. The Bertz CT molecular complexity index is 479. The summed E-state index contributed by atoms with van der Waals surface area (Å²) in [6.07, 6.45) is 1.88. The zero-order valence-electron chi connectivity index (χ0n) is 13.1. The lowest BCUT2D eigenvalue weighted by Crippen LogP contribution is -2.42. The number of rotatable bonds is 5. The zero-order chi connectivity index (χ0) is 15.2. The van der Waals surface area contributed by atoms with Crippen LogP contribution in [0.4, 0.5) is 0 Å². The Labute approximate surface area is 136 Å². The van der Waals surface area contributed by atoms with E-state index in [1.165, 1.54) is 21.3 Å². The van der Waals surface area contributed by atoms with Crippen molar-refractivity contribution < 1.29 is 19.0 Å². The molecule has 0 spiro atoms. The van der Waals surface area contributed by atoms with Crippen molar-refractivity contribution in [3.63, 3.8) is 0 Å². The third kappa shape index (κ3) is 4.18. The van der Waals surface area contributed by atoms with Gasteiger partial charge in [0.1, 0.15) is 0 Å². The molecule has 1 fully saturated rings. The maximum atomic E-state index is 12.4. The highest BCUT2D eigenvalue weighted by molar-refractivity contribution is 5.95. The van der Waals surface area contributed by atoms with Gasteiger partial charge in [-0.1, -0.05) is 0 Å². The fourth-order valence-corrected chi connectivity index (χ4v) is 2.45. The van der Waals surface area contributed by atoms with Gasteiger partial charge in [0.2, 0.25) is 5.75 Å². The van der Waals surface area contributed by atoms with Gasteiger partial charge >= 0.3 is 0 Å². The molecule has 0 aliphatic carbocycles. The number of hydrogen-bond acceptors (Lipinski definition) is 5. The molecule has 0 radical (unpaired) electrons. The van der Waals surface area contributed by atoms with Crippen molar-refractivity contribution in [3.8, 4) is 17.2 Å². The van der Waals surface area contributed by atoms with E-state index < -0.39 is 0 Å². The second-order valence-corrected chi connectivity index (χ2v) is 4.91. The van der Waals surface area contributed by atoms with Crippen LogP contribution in [0.1, 0.15) is 23.2 Å². The summed E-state index contributed by atoms with van der Waals surface area (Å²) in [7, 11) is 4.60. The first-order chi connectivity index (χ1) is 10.2. The van der Waals surface area contributed by atoms with Crippen LogP contribution in [0.2, 0.25) is 0 Å². The SMILES string of the molecule is COc1cc(C(=O)NC2CCNCC2)cc(OC)c1OC.Cl. The normalized spacial score (nSPS) is 14.7. The lowest BCUT2D eigenvalue weighted by Gasteiger charge is -2.24. The first kappa shape index (κ1) is 18.4. The smallest absolute Gasteiger partial charge is 0.251 e. The van der Waals surface area contributed by atoms with Gasteiger partial charge in [0.25, 0.3) is 5.91 Å². The van der Waals surface area contributed by atoms with Crippen LogP contribution in [0.25, 0.3) is 0 Å². The van der Waals surface area contributed by atoms with Crippen molar-refractivity contribution in [3.05, 3.63) is 17.7 Å². The molecule has 1 aromatic carbocycles. The molecule has 1 aromatic rings. The van der Waals surface area contributed by atoms with E-state index >= 15 is 0 Å².